The number of pyridine rings is 1. The van der Waals surface area contributed by atoms with E-state index in [0.717, 1.165) is 57.2 Å². The number of anilines is 2. The molecule has 16 nitrogen and oxygen atoms in total. The summed E-state index contributed by atoms with van der Waals surface area (Å²) >= 11 is 1.56. The van der Waals surface area contributed by atoms with Crippen molar-refractivity contribution < 1.29 is 65.6 Å². The number of rotatable bonds is 11. The van der Waals surface area contributed by atoms with Crippen LogP contribution >= 0.6 is 11.8 Å². The lowest BCUT2D eigenvalue weighted by molar-refractivity contribution is -0.617. The monoisotopic (exact) mass is 966 g/mol. The number of hydrogen-bond donors (Lipinski definition) is 2. The van der Waals surface area contributed by atoms with Gasteiger partial charge in [-0.25, -0.2) is 8.42 Å². The summed E-state index contributed by atoms with van der Waals surface area (Å²) in [7, 11) is -13.5. The maximum atomic E-state index is 12.2. The fourth-order valence-electron chi connectivity index (χ4n) is 8.69. The molecule has 2 heterocycles. The number of carbonyl (C=O) groups excluding carboxylic acids is 1. The van der Waals surface area contributed by atoms with Gasteiger partial charge >= 0.3 is 10.6 Å². The van der Waals surface area contributed by atoms with E-state index >= 15 is 0 Å². The number of nitrogens with zero attached hydrogens (tertiary/aromatic N) is 2. The number of thioether (sulfide) groups is 1. The molecule has 2 bridgehead atoms. The van der Waals surface area contributed by atoms with Crippen LogP contribution in [0.15, 0.2) is 128 Å². The second-order valence-corrected chi connectivity index (χ2v) is 20.8. The van der Waals surface area contributed by atoms with E-state index in [1.54, 1.807) is 41.9 Å². The van der Waals surface area contributed by atoms with Gasteiger partial charge in [-0.2, -0.15) is 21.4 Å². The van der Waals surface area contributed by atoms with E-state index in [2.05, 4.69) is 6.08 Å². The van der Waals surface area contributed by atoms with Crippen molar-refractivity contribution in [3.63, 3.8) is 0 Å². The molecule has 21 heteroatoms. The van der Waals surface area contributed by atoms with Gasteiger partial charge in [0.1, 0.15) is 23.8 Å². The smallest absolute Gasteiger partial charge is 0.425 e. The molecular formula is C43H38N2O14S5. The largest absolute Gasteiger partial charge is 0.744 e. The Morgan fingerprint density at radius 1 is 0.797 bits per heavy atom. The number of benzene rings is 4. The molecule has 8 rings (SSSR count). The number of aryl methyl sites for hydroxylation is 1. The van der Waals surface area contributed by atoms with E-state index in [1.807, 2.05) is 54.1 Å². The van der Waals surface area contributed by atoms with Crippen LogP contribution < -0.4 is 9.47 Å². The number of fused-ring (bicyclic) bond motifs is 6. The zero-order chi connectivity index (χ0) is 46.3. The molecule has 1 aliphatic heterocycles. The quantitative estimate of drug-likeness (QED) is 0.0510. The average molecular weight is 967 g/mol. The molecular weight excluding hydrogens is 929 g/mol. The first kappa shape index (κ1) is 46.5. The second kappa shape index (κ2) is 18.2. The van der Waals surface area contributed by atoms with Gasteiger partial charge in [-0.1, -0.05) is 48.6 Å². The molecule has 0 radical (unpaired) electrons. The maximum absolute atomic E-state index is 12.2. The average Bonchev–Trinajstić information content (AvgIpc) is 3.67. The topological polar surface area (TPSA) is 251 Å². The number of allylic oxidation sites excluding steroid dienone is 5. The highest BCUT2D eigenvalue weighted by Gasteiger charge is 2.37. The first-order valence-corrected chi connectivity index (χ1v) is 25.5. The van der Waals surface area contributed by atoms with Crippen LogP contribution in [0.1, 0.15) is 36.0 Å². The van der Waals surface area contributed by atoms with Crippen molar-refractivity contribution in [1.82, 2.24) is 0 Å². The van der Waals surface area contributed by atoms with Crippen LogP contribution in [0.4, 0.5) is 11.4 Å². The number of ether oxygens (including phenoxy) is 1. The Morgan fingerprint density at radius 3 is 1.97 bits per heavy atom. The molecule has 3 aliphatic rings. The van der Waals surface area contributed by atoms with Gasteiger partial charge < -0.3 is 14.2 Å². The third-order valence-corrected chi connectivity index (χ3v) is 15.2. The van der Waals surface area contributed by atoms with Gasteiger partial charge in [0.05, 0.1) is 36.8 Å². The highest BCUT2D eigenvalue weighted by molar-refractivity contribution is 8.03. The summed E-state index contributed by atoms with van der Waals surface area (Å²) in [4.78, 5) is 12.7. The van der Waals surface area contributed by atoms with Crippen LogP contribution in [0.3, 0.4) is 0 Å². The van der Waals surface area contributed by atoms with Gasteiger partial charge in [-0.15, -0.1) is 24.4 Å². The molecule has 0 saturated heterocycles. The Labute approximate surface area is 374 Å². The third-order valence-electron chi connectivity index (χ3n) is 11.5. The zero-order valence-corrected chi connectivity index (χ0v) is 37.9. The standard InChI is InChI=1S/C43H38N2O11S4.O3S/c1-44-39-6-4-3-5-35(39)33(36-12-9-28(22-40(36)44)58(47,48)49)17-15-31-26-7-8-27(21-26)32(43(31)57-20-19-56-25-46)16-18-34-37-13-10-29(59(50,51)52)23-41(37)45(2)42-24-30(60(53,54)55)11-14-38(34)42;1-4(2)3/h3-6,9-18,22-27H,7-8,19-21H2,1-2H3,(H2-,47,48,49,50,51,52,53,54,55);. The van der Waals surface area contributed by atoms with Crippen LogP contribution in [0, 0.1) is 11.8 Å². The number of hydrogen-bond acceptors (Lipinski definition) is 14. The van der Waals surface area contributed by atoms with Crippen LogP contribution in [-0.2, 0) is 57.5 Å². The minimum atomic E-state index is -4.71. The molecule has 64 heavy (non-hydrogen) atoms. The molecule has 4 aromatic carbocycles. The van der Waals surface area contributed by atoms with Gasteiger partial charge in [-0.05, 0) is 90.3 Å². The summed E-state index contributed by atoms with van der Waals surface area (Å²) in [5.74, 6) is 0.853. The van der Waals surface area contributed by atoms with Crippen LogP contribution in [0.2, 0.25) is 0 Å². The lowest BCUT2D eigenvalue weighted by atomic mass is 9.83. The maximum Gasteiger partial charge on any atom is 0.425 e. The van der Waals surface area contributed by atoms with Crippen molar-refractivity contribution in [2.45, 2.75) is 33.9 Å². The van der Waals surface area contributed by atoms with Crippen molar-refractivity contribution in [3.05, 3.63) is 130 Å². The summed E-state index contributed by atoms with van der Waals surface area (Å²) in [5, 5.41) is 1.67. The molecule has 2 N–H and O–H groups in total. The molecule has 1 saturated carbocycles. The van der Waals surface area contributed by atoms with E-state index < -0.39 is 41.0 Å². The predicted octanol–water partition coefficient (Wildman–Crippen LogP) is 5.95. The minimum Gasteiger partial charge on any atom is -0.744 e. The van der Waals surface area contributed by atoms with Crippen LogP contribution in [0.25, 0.3) is 33.5 Å². The van der Waals surface area contributed by atoms with Crippen molar-refractivity contribution in [3.8, 4) is 0 Å². The molecule has 334 valence electrons. The van der Waals surface area contributed by atoms with Crippen LogP contribution in [0.5, 0.6) is 0 Å². The van der Waals surface area contributed by atoms with Crippen molar-refractivity contribution in [2.75, 3.05) is 24.3 Å². The van der Waals surface area contributed by atoms with E-state index in [0.29, 0.717) is 45.8 Å². The van der Waals surface area contributed by atoms with Crippen molar-refractivity contribution >= 4 is 104 Å². The summed E-state index contributed by atoms with van der Waals surface area (Å²) in [6, 6.07) is 20.5. The molecule has 0 amide bonds. The molecule has 2 aliphatic carbocycles. The highest BCUT2D eigenvalue weighted by atomic mass is 32.2. The zero-order valence-electron chi connectivity index (χ0n) is 33.8. The number of carbonyl (C=O) groups is 1. The van der Waals surface area contributed by atoms with Crippen molar-refractivity contribution in [2.24, 2.45) is 18.9 Å². The first-order chi connectivity index (χ1) is 30.2. The van der Waals surface area contributed by atoms with E-state index in [4.69, 9.17) is 17.4 Å². The molecule has 2 unspecified atom stereocenters. The Kier molecular flexibility index (Phi) is 13.2. The lowest BCUT2D eigenvalue weighted by Crippen LogP contribution is -2.30. The van der Waals surface area contributed by atoms with Gasteiger partial charge in [-0.3, -0.25) is 13.9 Å². The SMILES string of the molecule is CN1c2cc(S(=O)(=O)O)ccc2C(=C/C=C2C(SCCOC=O)=C(/C=C/c3c4ccccc4[n+](C)c4cc(S(=O)(=O)[O-])ccc34)C3CCC/2C3)c2ccc(S(=O)(=O)O)cc21.O=S(=O)=O. The normalized spacial score (nSPS) is 17.9. The second-order valence-electron chi connectivity index (χ2n) is 15.0. The van der Waals surface area contributed by atoms with E-state index in [-0.39, 0.29) is 33.1 Å². The fourth-order valence-corrected chi connectivity index (χ4v) is 11.4. The predicted molar refractivity (Wildman–Crippen MR) is 237 cm³/mol. The summed E-state index contributed by atoms with van der Waals surface area (Å²) < 4.78 is 137. The molecule has 5 aromatic rings. The lowest BCUT2D eigenvalue weighted by Gasteiger charge is -2.32. The first-order valence-electron chi connectivity index (χ1n) is 19.3. The third kappa shape index (κ3) is 9.47. The number of aromatic nitrogens is 1. The highest BCUT2D eigenvalue weighted by Crippen LogP contribution is 2.53. The molecule has 1 fully saturated rings. The summed E-state index contributed by atoms with van der Waals surface area (Å²) in [6.07, 6.45) is 10.8. The summed E-state index contributed by atoms with van der Waals surface area (Å²) in [6.45, 7) is 0.583. The Balaban J connectivity index is 0.00000147. The fraction of sp³-hybridized carbons (Fsp3) is 0.209. The van der Waals surface area contributed by atoms with Crippen molar-refractivity contribution in [1.29, 1.82) is 0 Å². The van der Waals surface area contributed by atoms with Crippen LogP contribution in [-0.4, -0.2) is 77.4 Å². The summed E-state index contributed by atoms with van der Waals surface area (Å²) in [5.41, 5.74) is 7.03. The minimum absolute atomic E-state index is 0.174. The van der Waals surface area contributed by atoms with E-state index in [1.165, 1.54) is 36.4 Å². The Hall–Kier alpha value is -5.52. The Bertz CT molecular complexity index is 3270. The van der Waals surface area contributed by atoms with E-state index in [9.17, 15) is 43.7 Å². The molecule has 2 atom stereocenters. The number of para-hydroxylation sites is 1. The van der Waals surface area contributed by atoms with Gasteiger partial charge in [0.25, 0.3) is 26.7 Å². The Morgan fingerprint density at radius 2 is 1.38 bits per heavy atom. The van der Waals surface area contributed by atoms with Gasteiger partial charge in [0.2, 0.25) is 11.0 Å². The van der Waals surface area contributed by atoms with Gasteiger partial charge in [0.15, 0.2) is 0 Å². The molecule has 1 aromatic heterocycles. The van der Waals surface area contributed by atoms with Gasteiger partial charge in [0, 0.05) is 46.5 Å². The molecule has 0 spiro atoms.